The van der Waals surface area contributed by atoms with E-state index in [1.54, 1.807) is 53.8 Å². The number of pyridine rings is 2. The number of thiazole rings is 1. The Labute approximate surface area is 175 Å². The minimum absolute atomic E-state index is 0.167. The van der Waals surface area contributed by atoms with Crippen LogP contribution in [-0.2, 0) is 5.75 Å². The molecule has 5 nitrogen and oxygen atoms in total. The van der Waals surface area contributed by atoms with Crippen LogP contribution in [0, 0.1) is 0 Å². The zero-order valence-electron chi connectivity index (χ0n) is 15.0. The molecule has 0 bridgehead atoms. The smallest absolute Gasteiger partial charge is 0.258 e. The van der Waals surface area contributed by atoms with E-state index in [-0.39, 0.29) is 5.91 Å². The predicted octanol–water partition coefficient (Wildman–Crippen LogP) is 5.35. The SMILES string of the molecule is CSc1nc2ccc(NC(=O)c3cccnc3SCc3ccncc3)cc2s1. The zero-order valence-corrected chi connectivity index (χ0v) is 17.4. The molecular formula is C20H16N4OS3. The Morgan fingerprint density at radius 1 is 1.14 bits per heavy atom. The van der Waals surface area contributed by atoms with Gasteiger partial charge in [0.2, 0.25) is 0 Å². The minimum atomic E-state index is -0.167. The lowest BCUT2D eigenvalue weighted by atomic mass is 10.2. The van der Waals surface area contributed by atoms with E-state index in [0.717, 1.165) is 31.6 Å². The average molecular weight is 425 g/mol. The number of benzene rings is 1. The fraction of sp³-hybridized carbons (Fsp3) is 0.100. The highest BCUT2D eigenvalue weighted by molar-refractivity contribution is 8.00. The van der Waals surface area contributed by atoms with Crippen LogP contribution < -0.4 is 5.32 Å². The third kappa shape index (κ3) is 4.35. The van der Waals surface area contributed by atoms with E-state index in [9.17, 15) is 4.79 Å². The van der Waals surface area contributed by atoms with E-state index >= 15 is 0 Å². The summed E-state index contributed by atoms with van der Waals surface area (Å²) < 4.78 is 2.07. The molecule has 28 heavy (non-hydrogen) atoms. The zero-order chi connectivity index (χ0) is 19.3. The monoisotopic (exact) mass is 424 g/mol. The topological polar surface area (TPSA) is 67.8 Å². The second kappa shape index (κ2) is 8.72. The van der Waals surface area contributed by atoms with Crippen LogP contribution in [0.5, 0.6) is 0 Å². The molecule has 0 aliphatic carbocycles. The number of thioether (sulfide) groups is 2. The summed E-state index contributed by atoms with van der Waals surface area (Å²) in [6, 6.07) is 13.3. The number of nitrogens with zero attached hydrogens (tertiary/aromatic N) is 3. The van der Waals surface area contributed by atoms with Crippen molar-refractivity contribution in [2.45, 2.75) is 15.1 Å². The van der Waals surface area contributed by atoms with Gasteiger partial charge in [0.25, 0.3) is 5.91 Å². The van der Waals surface area contributed by atoms with Gasteiger partial charge in [0, 0.05) is 30.0 Å². The molecule has 3 heterocycles. The quantitative estimate of drug-likeness (QED) is 0.421. The van der Waals surface area contributed by atoms with Crippen molar-refractivity contribution in [3.63, 3.8) is 0 Å². The van der Waals surface area contributed by atoms with Gasteiger partial charge in [0.05, 0.1) is 15.8 Å². The van der Waals surface area contributed by atoms with E-state index in [0.29, 0.717) is 10.6 Å². The number of hydrogen-bond acceptors (Lipinski definition) is 7. The van der Waals surface area contributed by atoms with Crippen LogP contribution in [0.3, 0.4) is 0 Å². The van der Waals surface area contributed by atoms with Crippen molar-refractivity contribution in [1.82, 2.24) is 15.0 Å². The first kappa shape index (κ1) is 18.9. The maximum absolute atomic E-state index is 12.9. The molecular weight excluding hydrogens is 408 g/mol. The van der Waals surface area contributed by atoms with Gasteiger partial charge in [-0.2, -0.15) is 0 Å². The largest absolute Gasteiger partial charge is 0.322 e. The first-order valence-electron chi connectivity index (χ1n) is 8.45. The first-order chi connectivity index (χ1) is 13.7. The Balaban J connectivity index is 1.51. The number of amides is 1. The highest BCUT2D eigenvalue weighted by Gasteiger charge is 2.14. The Kier molecular flexibility index (Phi) is 5.90. The van der Waals surface area contributed by atoms with Crippen LogP contribution >= 0.6 is 34.9 Å². The summed E-state index contributed by atoms with van der Waals surface area (Å²) in [5.74, 6) is 0.559. The Morgan fingerprint density at radius 3 is 2.82 bits per heavy atom. The van der Waals surface area contributed by atoms with Crippen LogP contribution in [0.2, 0.25) is 0 Å². The Bertz CT molecular complexity index is 1110. The molecule has 0 fully saturated rings. The van der Waals surface area contributed by atoms with Crippen molar-refractivity contribution in [3.05, 3.63) is 72.2 Å². The number of aromatic nitrogens is 3. The fourth-order valence-electron chi connectivity index (χ4n) is 2.58. The number of fused-ring (bicyclic) bond motifs is 1. The molecule has 4 aromatic rings. The van der Waals surface area contributed by atoms with E-state index in [1.807, 2.05) is 36.6 Å². The minimum Gasteiger partial charge on any atom is -0.322 e. The van der Waals surface area contributed by atoms with Gasteiger partial charge in [0.15, 0.2) is 4.34 Å². The maximum atomic E-state index is 12.9. The summed E-state index contributed by atoms with van der Waals surface area (Å²) in [6.45, 7) is 0. The third-order valence-electron chi connectivity index (χ3n) is 3.94. The van der Waals surface area contributed by atoms with E-state index < -0.39 is 0 Å². The molecule has 1 aromatic carbocycles. The number of carbonyl (C=O) groups is 1. The van der Waals surface area contributed by atoms with Gasteiger partial charge >= 0.3 is 0 Å². The van der Waals surface area contributed by atoms with E-state index in [4.69, 9.17) is 0 Å². The van der Waals surface area contributed by atoms with Gasteiger partial charge in [-0.3, -0.25) is 9.78 Å². The van der Waals surface area contributed by atoms with Crippen LogP contribution in [0.1, 0.15) is 15.9 Å². The molecule has 0 spiro atoms. The molecule has 0 unspecified atom stereocenters. The lowest BCUT2D eigenvalue weighted by Crippen LogP contribution is -2.13. The van der Waals surface area contributed by atoms with E-state index in [2.05, 4.69) is 20.3 Å². The molecule has 8 heteroatoms. The summed E-state index contributed by atoms with van der Waals surface area (Å²) in [4.78, 5) is 25.8. The summed E-state index contributed by atoms with van der Waals surface area (Å²) in [6.07, 6.45) is 7.24. The lowest BCUT2D eigenvalue weighted by molar-refractivity contribution is 0.102. The predicted molar refractivity (Wildman–Crippen MR) is 117 cm³/mol. The van der Waals surface area contributed by atoms with Crippen LogP contribution in [0.4, 0.5) is 5.69 Å². The number of nitrogens with one attached hydrogen (secondary N) is 1. The third-order valence-corrected chi connectivity index (χ3v) is 7.02. The highest BCUT2D eigenvalue weighted by Crippen LogP contribution is 2.30. The molecule has 0 aliphatic rings. The Morgan fingerprint density at radius 2 is 2.00 bits per heavy atom. The van der Waals surface area contributed by atoms with Crippen LogP contribution in [-0.4, -0.2) is 27.1 Å². The summed E-state index contributed by atoms with van der Waals surface area (Å²) in [5.41, 5.74) is 3.40. The molecule has 0 saturated carbocycles. The van der Waals surface area contributed by atoms with Gasteiger partial charge in [-0.05, 0) is 54.3 Å². The second-order valence-electron chi connectivity index (χ2n) is 5.82. The fourth-order valence-corrected chi connectivity index (χ4v) is 5.05. The normalized spacial score (nSPS) is 10.9. The van der Waals surface area contributed by atoms with Gasteiger partial charge in [-0.15, -0.1) is 23.1 Å². The standard InChI is InChI=1S/C20H16N4OS3/c1-26-20-24-16-5-4-14(11-17(16)28-20)23-18(25)15-3-2-8-22-19(15)27-12-13-6-9-21-10-7-13/h2-11H,12H2,1H3,(H,23,25). The molecule has 0 atom stereocenters. The van der Waals surface area contributed by atoms with Crippen molar-refractivity contribution < 1.29 is 4.79 Å². The molecule has 3 aromatic heterocycles. The average Bonchev–Trinajstić information content (AvgIpc) is 3.16. The van der Waals surface area contributed by atoms with Crippen molar-refractivity contribution in [3.8, 4) is 0 Å². The van der Waals surface area contributed by atoms with Gasteiger partial charge in [-0.1, -0.05) is 11.8 Å². The summed E-state index contributed by atoms with van der Waals surface area (Å²) >= 11 is 4.78. The van der Waals surface area contributed by atoms with E-state index in [1.165, 1.54) is 11.8 Å². The number of anilines is 1. The van der Waals surface area contributed by atoms with Crippen LogP contribution in [0.15, 0.2) is 70.4 Å². The van der Waals surface area contributed by atoms with Gasteiger partial charge in [0.1, 0.15) is 5.03 Å². The molecule has 0 saturated heterocycles. The number of rotatable bonds is 6. The number of hydrogen-bond donors (Lipinski definition) is 1. The summed E-state index contributed by atoms with van der Waals surface area (Å²) in [7, 11) is 0. The first-order valence-corrected chi connectivity index (χ1v) is 11.5. The lowest BCUT2D eigenvalue weighted by Gasteiger charge is -2.09. The van der Waals surface area contributed by atoms with Gasteiger partial charge < -0.3 is 5.32 Å². The highest BCUT2D eigenvalue weighted by atomic mass is 32.2. The van der Waals surface area contributed by atoms with Crippen molar-refractivity contribution in [2.24, 2.45) is 0 Å². The van der Waals surface area contributed by atoms with Gasteiger partial charge in [-0.25, -0.2) is 9.97 Å². The molecule has 0 radical (unpaired) electrons. The van der Waals surface area contributed by atoms with Crippen molar-refractivity contribution in [2.75, 3.05) is 11.6 Å². The summed E-state index contributed by atoms with van der Waals surface area (Å²) in [5, 5.41) is 3.69. The van der Waals surface area contributed by atoms with Crippen molar-refractivity contribution >= 4 is 56.7 Å². The maximum Gasteiger partial charge on any atom is 0.258 e. The molecule has 0 aliphatic heterocycles. The molecule has 1 amide bonds. The van der Waals surface area contributed by atoms with Crippen LogP contribution in [0.25, 0.3) is 10.2 Å². The Hall–Kier alpha value is -2.42. The molecule has 140 valence electrons. The second-order valence-corrected chi connectivity index (χ2v) is 8.87. The molecule has 1 N–H and O–H groups in total. The molecule has 4 rings (SSSR count). The van der Waals surface area contributed by atoms with Crippen molar-refractivity contribution in [1.29, 1.82) is 0 Å². The number of carbonyl (C=O) groups excluding carboxylic acids is 1.